The maximum Gasteiger partial charge on any atom is 0.189 e. The molecular formula is C56H60N10O8S2. The molecule has 3 unspecified atom stereocenters. The highest BCUT2D eigenvalue weighted by Crippen LogP contribution is 2.39. The lowest BCUT2D eigenvalue weighted by molar-refractivity contribution is 0.106. The second-order valence-corrected chi connectivity index (χ2v) is 24.1. The molecular weight excluding hydrogens is 1000 g/mol. The van der Waals surface area contributed by atoms with Crippen molar-refractivity contribution in [2.45, 2.75) is 105 Å². The minimum Gasteiger partial charge on any atom is -0.382 e. The molecule has 20 heteroatoms. The number of nitrogens with zero attached hydrogens (tertiary/aromatic N) is 6. The molecule has 0 saturated carbocycles. The Balaban J connectivity index is 0.823. The van der Waals surface area contributed by atoms with Crippen LogP contribution in [0.15, 0.2) is 134 Å². The SMILES string of the molecule is CCC(C)S(=O)(=O)c1ccc(-c2cnc(N)c(-c3cc(-c4ccc(CN[C@H]5COC(c6nc(N)c(-c7cc(-c8ccc(CN[C@H]9CCOC9)cc8)no7)nc6-c6ccc(S(=O)(=O)C(C)CC)cc6)C5)cc4)no3)n2)cc1. The van der Waals surface area contributed by atoms with Gasteiger partial charge in [0.05, 0.1) is 56.8 Å². The molecule has 4 aromatic heterocycles. The first kappa shape index (κ1) is 52.3. The van der Waals surface area contributed by atoms with Gasteiger partial charge in [-0.15, -0.1) is 0 Å². The Bertz CT molecular complexity index is 3550. The molecule has 0 aliphatic carbocycles. The zero-order valence-electron chi connectivity index (χ0n) is 42.6. The maximum atomic E-state index is 13.3. The Morgan fingerprint density at radius 2 is 1.09 bits per heavy atom. The summed E-state index contributed by atoms with van der Waals surface area (Å²) in [5.74, 6) is 0.962. The third-order valence-electron chi connectivity index (χ3n) is 14.3. The molecule has 18 nitrogen and oxygen atoms in total. The largest absolute Gasteiger partial charge is 0.382 e. The van der Waals surface area contributed by atoms with Crippen LogP contribution in [-0.4, -0.2) is 89.5 Å². The molecule has 2 fully saturated rings. The lowest BCUT2D eigenvalue weighted by Gasteiger charge is -2.17. The Morgan fingerprint density at radius 1 is 0.592 bits per heavy atom. The summed E-state index contributed by atoms with van der Waals surface area (Å²) in [4.78, 5) is 19.5. The van der Waals surface area contributed by atoms with E-state index >= 15 is 0 Å². The van der Waals surface area contributed by atoms with Gasteiger partial charge in [0, 0.05) is 66.2 Å². The molecule has 4 aromatic carbocycles. The highest BCUT2D eigenvalue weighted by atomic mass is 32.2. The van der Waals surface area contributed by atoms with E-state index in [1.54, 1.807) is 74.5 Å². The van der Waals surface area contributed by atoms with Crippen molar-refractivity contribution < 1.29 is 35.4 Å². The molecule has 8 aromatic rings. The standard InChI is InChI=1S/C56H60N10O8S2/c1-5-33(3)75(67,68)43-19-15-39(16-20-43)47-30-61-55(57)53(62-47)49-26-45(65-73-49)37-13-9-36(10-14-37)29-60-42-25-48(72-32-42)52-51(40-17-21-44(22-18-40)76(69,70)34(4)6-2)63-54(56(58)64-52)50-27-46(66-74-50)38-11-7-35(8-12-38)28-59-41-23-24-71-31-41/h7-22,26-27,30,33-34,41-42,48,59-60H,5-6,23-25,28-29,31-32H2,1-4H3,(H2,57,61)(H2,58,64)/t33?,34?,41-,42+,48?/m0/s1. The maximum absolute atomic E-state index is 13.3. The van der Waals surface area contributed by atoms with E-state index in [1.807, 2.05) is 50.2 Å². The van der Waals surface area contributed by atoms with E-state index < -0.39 is 36.3 Å². The van der Waals surface area contributed by atoms with E-state index in [0.717, 1.165) is 48.4 Å². The quantitative estimate of drug-likeness (QED) is 0.0588. The summed E-state index contributed by atoms with van der Waals surface area (Å²) in [5, 5.41) is 14.8. The Hall–Kier alpha value is -7.20. The van der Waals surface area contributed by atoms with E-state index in [1.165, 1.54) is 6.20 Å². The normalized spacial score (nSPS) is 17.8. The molecule has 0 bridgehead atoms. The number of sulfone groups is 2. The Morgan fingerprint density at radius 3 is 1.62 bits per heavy atom. The zero-order valence-corrected chi connectivity index (χ0v) is 44.3. The van der Waals surface area contributed by atoms with E-state index in [9.17, 15) is 16.8 Å². The first-order chi connectivity index (χ1) is 36.7. The first-order valence-electron chi connectivity index (χ1n) is 25.5. The van der Waals surface area contributed by atoms with Gasteiger partial charge in [0.2, 0.25) is 0 Å². The number of rotatable bonds is 19. The first-order valence-corrected chi connectivity index (χ1v) is 28.5. The van der Waals surface area contributed by atoms with Crippen molar-refractivity contribution in [3.8, 4) is 67.9 Å². The van der Waals surface area contributed by atoms with E-state index in [2.05, 4.69) is 38.1 Å². The fourth-order valence-electron chi connectivity index (χ4n) is 9.13. The molecule has 5 atom stereocenters. The summed E-state index contributed by atoms with van der Waals surface area (Å²) in [6.45, 7) is 10.3. The molecule has 2 saturated heterocycles. The van der Waals surface area contributed by atoms with Crippen LogP contribution in [0.4, 0.5) is 11.6 Å². The van der Waals surface area contributed by atoms with Crippen LogP contribution in [0.25, 0.3) is 67.9 Å². The lowest BCUT2D eigenvalue weighted by Crippen LogP contribution is -2.28. The summed E-state index contributed by atoms with van der Waals surface area (Å²) in [7, 11) is -6.97. The van der Waals surface area contributed by atoms with Gasteiger partial charge in [-0.05, 0) is 74.9 Å². The molecule has 10 rings (SSSR count). The summed E-state index contributed by atoms with van der Waals surface area (Å²) in [6, 6.07) is 33.2. The number of anilines is 2. The average Bonchev–Trinajstić information content (AvgIpc) is 4.32. The van der Waals surface area contributed by atoms with Crippen molar-refractivity contribution in [2.24, 2.45) is 0 Å². The van der Waals surface area contributed by atoms with Crippen molar-refractivity contribution in [2.75, 3.05) is 31.3 Å². The van der Waals surface area contributed by atoms with Gasteiger partial charge in [0.25, 0.3) is 0 Å². The van der Waals surface area contributed by atoms with Crippen molar-refractivity contribution in [1.29, 1.82) is 0 Å². The number of hydrogen-bond donors (Lipinski definition) is 4. The number of nitrogen functional groups attached to an aromatic ring is 2. The molecule has 0 radical (unpaired) electrons. The molecule has 6 N–H and O–H groups in total. The van der Waals surface area contributed by atoms with Gasteiger partial charge in [-0.1, -0.05) is 97.0 Å². The number of aromatic nitrogens is 6. The minimum atomic E-state index is -3.53. The number of ether oxygens (including phenoxy) is 2. The molecule has 2 aliphatic heterocycles. The summed E-state index contributed by atoms with van der Waals surface area (Å²) >= 11 is 0. The van der Waals surface area contributed by atoms with Crippen LogP contribution >= 0.6 is 0 Å². The van der Waals surface area contributed by atoms with Gasteiger partial charge < -0.3 is 40.6 Å². The van der Waals surface area contributed by atoms with Crippen LogP contribution in [0.5, 0.6) is 0 Å². The summed E-state index contributed by atoms with van der Waals surface area (Å²) < 4.78 is 75.8. The van der Waals surface area contributed by atoms with E-state index in [-0.39, 0.29) is 27.5 Å². The molecule has 0 spiro atoms. The molecule has 76 heavy (non-hydrogen) atoms. The molecule has 0 amide bonds. The highest BCUT2D eigenvalue weighted by molar-refractivity contribution is 7.92. The van der Waals surface area contributed by atoms with Crippen LogP contribution in [0.3, 0.4) is 0 Å². The van der Waals surface area contributed by atoms with Gasteiger partial charge in [-0.2, -0.15) is 0 Å². The molecule has 6 heterocycles. The van der Waals surface area contributed by atoms with Gasteiger partial charge in [0.1, 0.15) is 17.5 Å². The average molecular weight is 1070 g/mol. The third kappa shape index (κ3) is 11.0. The van der Waals surface area contributed by atoms with Crippen molar-refractivity contribution in [1.82, 2.24) is 40.9 Å². The lowest BCUT2D eigenvalue weighted by atomic mass is 10.0. The smallest absolute Gasteiger partial charge is 0.189 e. The van der Waals surface area contributed by atoms with Crippen LogP contribution in [-0.2, 0) is 42.2 Å². The van der Waals surface area contributed by atoms with E-state index in [0.29, 0.717) is 101 Å². The Kier molecular flexibility index (Phi) is 15.2. The number of nitrogens with two attached hydrogens (primary N) is 2. The number of nitrogens with one attached hydrogen (secondary N) is 2. The second-order valence-electron chi connectivity index (χ2n) is 19.4. The predicted molar refractivity (Wildman–Crippen MR) is 290 cm³/mol. The monoisotopic (exact) mass is 1060 g/mol. The molecule has 394 valence electrons. The number of hydrogen-bond acceptors (Lipinski definition) is 18. The zero-order chi connectivity index (χ0) is 53.1. The van der Waals surface area contributed by atoms with Crippen molar-refractivity contribution in [3.05, 3.63) is 132 Å². The highest BCUT2D eigenvalue weighted by Gasteiger charge is 2.33. The topological polar surface area (TPSA) is 266 Å². The summed E-state index contributed by atoms with van der Waals surface area (Å²) in [6.07, 6.45) is 3.62. The second kappa shape index (κ2) is 22.2. The van der Waals surface area contributed by atoms with Gasteiger partial charge in [-0.3, -0.25) is 0 Å². The Labute approximate surface area is 441 Å². The fourth-order valence-corrected chi connectivity index (χ4v) is 12.0. The summed E-state index contributed by atoms with van der Waals surface area (Å²) in [5.41, 5.74) is 21.4. The van der Waals surface area contributed by atoms with Crippen LogP contribution in [0, 0.1) is 0 Å². The van der Waals surface area contributed by atoms with Crippen LogP contribution in [0.1, 0.15) is 76.3 Å². The van der Waals surface area contributed by atoms with E-state index in [4.69, 9.17) is 44.9 Å². The van der Waals surface area contributed by atoms with Crippen molar-refractivity contribution >= 4 is 31.3 Å². The van der Waals surface area contributed by atoms with Gasteiger partial charge >= 0.3 is 0 Å². The van der Waals surface area contributed by atoms with Gasteiger partial charge in [-0.25, -0.2) is 36.8 Å². The third-order valence-corrected chi connectivity index (χ3v) is 18.9. The molecule has 2 aliphatic rings. The van der Waals surface area contributed by atoms with Crippen molar-refractivity contribution in [3.63, 3.8) is 0 Å². The van der Waals surface area contributed by atoms with Crippen LogP contribution < -0.4 is 22.1 Å². The van der Waals surface area contributed by atoms with Gasteiger partial charge in [0.15, 0.2) is 54.2 Å². The van der Waals surface area contributed by atoms with Crippen LogP contribution in [0.2, 0.25) is 0 Å². The minimum absolute atomic E-state index is 0.0461. The predicted octanol–water partition coefficient (Wildman–Crippen LogP) is 9.05. The number of benzene rings is 4. The fraction of sp³-hybridized carbons (Fsp3) is 0.321.